The topological polar surface area (TPSA) is 134 Å². The van der Waals surface area contributed by atoms with Crippen LogP contribution in [0, 0.1) is 11.8 Å². The molecule has 2 amide bonds. The molecule has 2 unspecified atom stereocenters. The van der Waals surface area contributed by atoms with Crippen LogP contribution in [0.15, 0.2) is 60.0 Å². The summed E-state index contributed by atoms with van der Waals surface area (Å²) in [4.78, 5) is 45.3. The third kappa shape index (κ3) is 3.97. The molecule has 32 heavy (non-hydrogen) atoms. The predicted octanol–water partition coefficient (Wildman–Crippen LogP) is 1.21. The number of likely N-dealkylation sites (tertiary alicyclic amines) is 1. The minimum absolute atomic E-state index is 0.0956. The molecule has 1 aliphatic carbocycles. The van der Waals surface area contributed by atoms with Gasteiger partial charge in [0.15, 0.2) is 0 Å². The molecule has 11 heteroatoms. The fourth-order valence-electron chi connectivity index (χ4n) is 4.34. The molecule has 2 aliphatic rings. The molecule has 3 N–H and O–H groups in total. The van der Waals surface area contributed by atoms with Gasteiger partial charge in [0.2, 0.25) is 0 Å². The number of nitrogens with zero attached hydrogens (tertiary/aromatic N) is 5. The van der Waals surface area contributed by atoms with Crippen LogP contribution in [-0.4, -0.2) is 60.4 Å². The van der Waals surface area contributed by atoms with Crippen molar-refractivity contribution in [3.8, 4) is 5.69 Å². The van der Waals surface area contributed by atoms with Crippen molar-refractivity contribution in [2.24, 2.45) is 11.8 Å². The number of rotatable bonds is 5. The Bertz CT molecular complexity index is 1190. The number of fused-ring (bicyclic) bond motifs is 1. The number of piperidine rings is 1. The van der Waals surface area contributed by atoms with Crippen molar-refractivity contribution < 1.29 is 14.7 Å². The molecule has 1 aliphatic heterocycles. The quantitative estimate of drug-likeness (QED) is 0.548. The molecule has 11 nitrogen and oxygen atoms in total. The van der Waals surface area contributed by atoms with Gasteiger partial charge in [-0.15, -0.1) is 0 Å². The zero-order valence-electron chi connectivity index (χ0n) is 17.0. The van der Waals surface area contributed by atoms with Crippen LogP contribution in [0.4, 0.5) is 15.4 Å². The molecule has 0 spiro atoms. The van der Waals surface area contributed by atoms with Crippen molar-refractivity contribution in [3.05, 3.63) is 71.3 Å². The average Bonchev–Trinajstić information content (AvgIpc) is 3.18. The van der Waals surface area contributed by atoms with Crippen LogP contribution < -0.4 is 16.3 Å². The Labute approximate surface area is 182 Å². The van der Waals surface area contributed by atoms with Gasteiger partial charge in [0.1, 0.15) is 12.1 Å². The maximum Gasteiger partial charge on any atom is 0.404 e. The van der Waals surface area contributed by atoms with Gasteiger partial charge in [-0.25, -0.2) is 19.4 Å². The Kier molecular flexibility index (Phi) is 4.94. The first kappa shape index (κ1) is 19.9. The highest BCUT2D eigenvalue weighted by Gasteiger charge is 2.56. The molecular formula is C21H21N7O4. The van der Waals surface area contributed by atoms with Gasteiger partial charge in [-0.3, -0.25) is 19.4 Å². The van der Waals surface area contributed by atoms with Crippen molar-refractivity contribution in [2.45, 2.75) is 12.6 Å². The minimum Gasteiger partial charge on any atom is -0.465 e. The molecular weight excluding hydrogens is 414 g/mol. The normalized spacial score (nSPS) is 21.7. The van der Waals surface area contributed by atoms with E-state index in [9.17, 15) is 14.4 Å². The zero-order valence-corrected chi connectivity index (χ0v) is 17.0. The molecule has 1 saturated carbocycles. The maximum atomic E-state index is 12.4. The standard InChI is InChI=1S/C21H21N7O4/c29-19(27-8-6-22-12-27)23-17-5-7-28(20(30)24-17)14-3-1-13(2-4-14)9-26-10-15-16(11-26)18(15)25-21(31)32/h1-8,12,15-16,18,25H,9-11H2,(H,31,32)(H,23,24,29,30). The fourth-order valence-corrected chi connectivity index (χ4v) is 4.34. The molecule has 0 radical (unpaired) electrons. The van der Waals surface area contributed by atoms with Gasteiger partial charge >= 0.3 is 17.8 Å². The zero-order chi connectivity index (χ0) is 22.2. The summed E-state index contributed by atoms with van der Waals surface area (Å²) in [6, 6.07) is 8.84. The van der Waals surface area contributed by atoms with E-state index in [4.69, 9.17) is 5.11 Å². The van der Waals surface area contributed by atoms with Crippen molar-refractivity contribution in [1.82, 2.24) is 29.3 Å². The van der Waals surface area contributed by atoms with Gasteiger partial charge in [0, 0.05) is 44.3 Å². The van der Waals surface area contributed by atoms with Gasteiger partial charge in [-0.05, 0) is 35.6 Å². The van der Waals surface area contributed by atoms with E-state index in [1.54, 1.807) is 12.3 Å². The number of nitrogens with one attached hydrogen (secondary N) is 2. The highest BCUT2D eigenvalue weighted by molar-refractivity contribution is 5.89. The number of carboxylic acid groups (broad SMARTS) is 1. The summed E-state index contributed by atoms with van der Waals surface area (Å²) in [6.07, 6.45) is 4.94. The monoisotopic (exact) mass is 435 g/mol. The van der Waals surface area contributed by atoms with Crippen molar-refractivity contribution >= 4 is 17.9 Å². The van der Waals surface area contributed by atoms with Gasteiger partial charge in [-0.1, -0.05) is 12.1 Å². The van der Waals surface area contributed by atoms with Crippen LogP contribution in [0.5, 0.6) is 0 Å². The lowest BCUT2D eigenvalue weighted by Crippen LogP contribution is -2.33. The fraction of sp³-hybridized carbons (Fsp3) is 0.286. The van der Waals surface area contributed by atoms with E-state index in [2.05, 4.69) is 25.5 Å². The number of carbonyl (C=O) groups is 2. The molecule has 164 valence electrons. The predicted molar refractivity (Wildman–Crippen MR) is 114 cm³/mol. The Morgan fingerprint density at radius 2 is 1.84 bits per heavy atom. The Balaban J connectivity index is 1.20. The van der Waals surface area contributed by atoms with Gasteiger partial charge in [0.05, 0.1) is 5.69 Å². The first-order valence-electron chi connectivity index (χ1n) is 10.2. The molecule has 3 aromatic rings. The highest BCUT2D eigenvalue weighted by atomic mass is 16.4. The second kappa shape index (κ2) is 7.93. The van der Waals surface area contributed by atoms with E-state index in [0.717, 1.165) is 25.2 Å². The summed E-state index contributed by atoms with van der Waals surface area (Å²) in [5.41, 5.74) is 1.29. The molecule has 1 aromatic carbocycles. The van der Waals surface area contributed by atoms with E-state index in [1.165, 1.54) is 27.9 Å². The van der Waals surface area contributed by atoms with Crippen LogP contribution >= 0.6 is 0 Å². The number of hydrogen-bond acceptors (Lipinski definition) is 6. The summed E-state index contributed by atoms with van der Waals surface area (Å²) in [5.74, 6) is 0.968. The molecule has 2 fully saturated rings. The van der Waals surface area contributed by atoms with Gasteiger partial charge in [-0.2, -0.15) is 4.98 Å². The summed E-state index contributed by atoms with van der Waals surface area (Å²) in [5, 5.41) is 14.0. The average molecular weight is 435 g/mol. The second-order valence-electron chi connectivity index (χ2n) is 8.03. The van der Waals surface area contributed by atoms with E-state index in [1.807, 2.05) is 24.3 Å². The summed E-state index contributed by atoms with van der Waals surface area (Å²) in [6.45, 7) is 2.54. The molecule has 2 aromatic heterocycles. The Morgan fingerprint density at radius 3 is 2.47 bits per heavy atom. The number of aromatic nitrogens is 4. The van der Waals surface area contributed by atoms with Crippen molar-refractivity contribution in [1.29, 1.82) is 0 Å². The molecule has 2 atom stereocenters. The number of benzene rings is 1. The number of carbonyl (C=O) groups excluding carboxylic acids is 1. The van der Waals surface area contributed by atoms with Crippen LogP contribution in [0.2, 0.25) is 0 Å². The van der Waals surface area contributed by atoms with Crippen LogP contribution in [0.25, 0.3) is 5.69 Å². The SMILES string of the molecule is O=C(O)NC1C2CN(Cc3ccc(-n4ccc(NC(=O)n5ccnc5)nc4=O)cc3)CC21. The Hall–Kier alpha value is -3.99. The summed E-state index contributed by atoms with van der Waals surface area (Å²) < 4.78 is 2.66. The number of imidazole rings is 1. The summed E-state index contributed by atoms with van der Waals surface area (Å²) >= 11 is 0. The largest absolute Gasteiger partial charge is 0.465 e. The van der Waals surface area contributed by atoms with Gasteiger partial charge in [0.25, 0.3) is 0 Å². The number of anilines is 1. The Morgan fingerprint density at radius 1 is 1.09 bits per heavy atom. The van der Waals surface area contributed by atoms with E-state index >= 15 is 0 Å². The van der Waals surface area contributed by atoms with Crippen LogP contribution in [-0.2, 0) is 6.54 Å². The molecule has 3 heterocycles. The molecule has 1 saturated heterocycles. The van der Waals surface area contributed by atoms with Gasteiger partial charge < -0.3 is 10.4 Å². The maximum absolute atomic E-state index is 12.4. The first-order chi connectivity index (χ1) is 15.5. The lowest BCUT2D eigenvalue weighted by Gasteiger charge is -2.19. The third-order valence-corrected chi connectivity index (χ3v) is 5.96. The number of amides is 2. The summed E-state index contributed by atoms with van der Waals surface area (Å²) in [7, 11) is 0. The lowest BCUT2D eigenvalue weighted by atomic mass is 10.2. The number of hydrogen-bond donors (Lipinski definition) is 3. The first-order valence-corrected chi connectivity index (χ1v) is 10.2. The van der Waals surface area contributed by atoms with E-state index in [0.29, 0.717) is 17.5 Å². The van der Waals surface area contributed by atoms with Crippen molar-refractivity contribution in [3.63, 3.8) is 0 Å². The minimum atomic E-state index is -0.954. The smallest absolute Gasteiger partial charge is 0.404 e. The second-order valence-corrected chi connectivity index (χ2v) is 8.03. The third-order valence-electron chi connectivity index (χ3n) is 5.96. The van der Waals surface area contributed by atoms with E-state index in [-0.39, 0.29) is 11.9 Å². The highest BCUT2D eigenvalue weighted by Crippen LogP contribution is 2.45. The van der Waals surface area contributed by atoms with Crippen molar-refractivity contribution in [2.75, 3.05) is 18.4 Å². The molecule has 5 rings (SSSR count). The van der Waals surface area contributed by atoms with Crippen LogP contribution in [0.3, 0.4) is 0 Å². The molecule has 0 bridgehead atoms. The lowest BCUT2D eigenvalue weighted by molar-refractivity contribution is 0.190. The van der Waals surface area contributed by atoms with E-state index < -0.39 is 17.8 Å². The van der Waals surface area contributed by atoms with Crippen LogP contribution in [0.1, 0.15) is 5.56 Å².